The first-order valence-corrected chi connectivity index (χ1v) is 6.41. The number of rotatable bonds is 5. The molecule has 0 amide bonds. The van der Waals surface area contributed by atoms with Gasteiger partial charge in [0.1, 0.15) is 5.76 Å². The molecule has 0 spiro atoms. The lowest BCUT2D eigenvalue weighted by Crippen LogP contribution is -2.12. The van der Waals surface area contributed by atoms with Crippen LogP contribution in [-0.4, -0.2) is 4.92 Å². The molecule has 1 aromatic carbocycles. The predicted octanol–water partition coefficient (Wildman–Crippen LogP) is 3.08. The van der Waals surface area contributed by atoms with Crippen LogP contribution in [0.3, 0.4) is 0 Å². The van der Waals surface area contributed by atoms with E-state index in [-0.39, 0.29) is 5.69 Å². The fourth-order valence-electron chi connectivity index (χ4n) is 1.51. The van der Waals surface area contributed by atoms with Gasteiger partial charge >= 0.3 is 0 Å². The van der Waals surface area contributed by atoms with Crippen molar-refractivity contribution in [1.82, 2.24) is 5.32 Å². The topological polar surface area (TPSA) is 68.3 Å². The number of nitrogens with zero attached hydrogens (tertiary/aromatic N) is 1. The molecule has 18 heavy (non-hydrogen) atoms. The highest BCUT2D eigenvalue weighted by atomic mass is 127. The number of halogens is 1. The summed E-state index contributed by atoms with van der Waals surface area (Å²) in [5, 5.41) is 13.7. The average Bonchev–Trinajstić information content (AvgIpc) is 2.76. The Balaban J connectivity index is 1.85. The number of nitro benzene ring substituents is 1. The van der Waals surface area contributed by atoms with Gasteiger partial charge in [-0.05, 0) is 40.3 Å². The zero-order valence-electron chi connectivity index (χ0n) is 9.43. The van der Waals surface area contributed by atoms with E-state index in [4.69, 9.17) is 4.42 Å². The molecular weight excluding hydrogens is 347 g/mol. The number of furan rings is 1. The molecule has 1 N–H and O–H groups in total. The molecule has 0 saturated heterocycles. The van der Waals surface area contributed by atoms with Gasteiger partial charge in [-0.15, -0.1) is 0 Å². The van der Waals surface area contributed by atoms with Crippen molar-refractivity contribution in [2.45, 2.75) is 13.1 Å². The minimum Gasteiger partial charge on any atom is -0.454 e. The summed E-state index contributed by atoms with van der Waals surface area (Å²) in [7, 11) is 0. The van der Waals surface area contributed by atoms with Crippen molar-refractivity contribution in [2.24, 2.45) is 0 Å². The fraction of sp³-hybridized carbons (Fsp3) is 0.167. The lowest BCUT2D eigenvalue weighted by atomic mass is 10.2. The van der Waals surface area contributed by atoms with Gasteiger partial charge in [0.2, 0.25) is 0 Å². The number of hydrogen-bond acceptors (Lipinski definition) is 4. The van der Waals surface area contributed by atoms with Gasteiger partial charge in [-0.25, -0.2) is 0 Å². The smallest absolute Gasteiger partial charge is 0.269 e. The van der Waals surface area contributed by atoms with E-state index in [1.54, 1.807) is 12.1 Å². The maximum absolute atomic E-state index is 10.5. The SMILES string of the molecule is O=[N+]([O-])c1ccc(CNCc2ccc(I)o2)cc1. The maximum atomic E-state index is 10.5. The molecule has 6 heteroatoms. The van der Waals surface area contributed by atoms with Crippen molar-refractivity contribution in [3.63, 3.8) is 0 Å². The van der Waals surface area contributed by atoms with Crippen LogP contribution in [0, 0.1) is 13.9 Å². The Morgan fingerprint density at radius 3 is 2.44 bits per heavy atom. The summed E-state index contributed by atoms with van der Waals surface area (Å²) in [6.45, 7) is 1.29. The summed E-state index contributed by atoms with van der Waals surface area (Å²) in [4.78, 5) is 10.1. The zero-order chi connectivity index (χ0) is 13.0. The van der Waals surface area contributed by atoms with Gasteiger partial charge < -0.3 is 9.73 Å². The molecule has 0 atom stereocenters. The van der Waals surface area contributed by atoms with Crippen molar-refractivity contribution >= 4 is 28.3 Å². The van der Waals surface area contributed by atoms with E-state index in [0.29, 0.717) is 13.1 Å². The van der Waals surface area contributed by atoms with Crippen molar-refractivity contribution in [1.29, 1.82) is 0 Å². The molecule has 0 aliphatic heterocycles. The maximum Gasteiger partial charge on any atom is 0.269 e. The minimum atomic E-state index is -0.401. The van der Waals surface area contributed by atoms with Crippen LogP contribution in [-0.2, 0) is 13.1 Å². The summed E-state index contributed by atoms with van der Waals surface area (Å²) in [6, 6.07) is 10.3. The summed E-state index contributed by atoms with van der Waals surface area (Å²) in [5.74, 6) is 0.876. The Kier molecular flexibility index (Phi) is 4.32. The number of benzene rings is 1. The third kappa shape index (κ3) is 3.54. The largest absolute Gasteiger partial charge is 0.454 e. The van der Waals surface area contributed by atoms with Crippen LogP contribution >= 0.6 is 22.6 Å². The number of non-ortho nitro benzene ring substituents is 1. The molecule has 0 saturated carbocycles. The van der Waals surface area contributed by atoms with Crippen molar-refractivity contribution < 1.29 is 9.34 Å². The lowest BCUT2D eigenvalue weighted by molar-refractivity contribution is -0.384. The Morgan fingerprint density at radius 2 is 1.89 bits per heavy atom. The normalized spacial score (nSPS) is 10.5. The number of nitro groups is 1. The molecule has 94 valence electrons. The van der Waals surface area contributed by atoms with Crippen molar-refractivity contribution in [3.8, 4) is 0 Å². The molecule has 0 radical (unpaired) electrons. The van der Waals surface area contributed by atoms with Crippen molar-refractivity contribution in [3.05, 3.63) is 61.6 Å². The molecule has 0 bridgehead atoms. The monoisotopic (exact) mass is 358 g/mol. The van der Waals surface area contributed by atoms with E-state index in [1.165, 1.54) is 12.1 Å². The molecule has 0 aliphatic carbocycles. The van der Waals surface area contributed by atoms with Gasteiger partial charge in [0.05, 0.1) is 11.5 Å². The first-order valence-electron chi connectivity index (χ1n) is 5.33. The molecule has 1 heterocycles. The van der Waals surface area contributed by atoms with Gasteiger partial charge in [-0.2, -0.15) is 0 Å². The van der Waals surface area contributed by atoms with Gasteiger partial charge in [0.15, 0.2) is 3.77 Å². The molecule has 2 rings (SSSR count). The van der Waals surface area contributed by atoms with E-state index in [2.05, 4.69) is 27.9 Å². The number of hydrogen-bond donors (Lipinski definition) is 1. The molecule has 0 unspecified atom stereocenters. The van der Waals surface area contributed by atoms with Crippen LogP contribution in [0.2, 0.25) is 0 Å². The Bertz CT molecular complexity index is 537. The summed E-state index contributed by atoms with van der Waals surface area (Å²) in [6.07, 6.45) is 0. The molecule has 1 aromatic heterocycles. The van der Waals surface area contributed by atoms with Crippen LogP contribution < -0.4 is 5.32 Å². The Labute approximate surface area is 117 Å². The van der Waals surface area contributed by atoms with Crippen molar-refractivity contribution in [2.75, 3.05) is 0 Å². The third-order valence-electron chi connectivity index (χ3n) is 2.40. The zero-order valence-corrected chi connectivity index (χ0v) is 11.6. The highest BCUT2D eigenvalue weighted by molar-refractivity contribution is 14.1. The standard InChI is InChI=1S/C12H11IN2O3/c13-12-6-5-11(18-12)8-14-7-9-1-3-10(4-2-9)15(16)17/h1-6,14H,7-8H2. The fourth-order valence-corrected chi connectivity index (χ4v) is 1.97. The quantitative estimate of drug-likeness (QED) is 0.507. The van der Waals surface area contributed by atoms with Gasteiger partial charge in [-0.1, -0.05) is 12.1 Å². The molecule has 0 aliphatic rings. The van der Waals surface area contributed by atoms with E-state index < -0.39 is 4.92 Å². The second-order valence-electron chi connectivity index (χ2n) is 3.73. The molecular formula is C12H11IN2O3. The third-order valence-corrected chi connectivity index (χ3v) is 2.98. The summed E-state index contributed by atoms with van der Waals surface area (Å²) < 4.78 is 6.27. The second kappa shape index (κ2) is 5.96. The van der Waals surface area contributed by atoms with E-state index in [1.807, 2.05) is 12.1 Å². The first kappa shape index (κ1) is 13.0. The average molecular weight is 358 g/mol. The summed E-state index contributed by atoms with van der Waals surface area (Å²) >= 11 is 2.12. The predicted molar refractivity (Wildman–Crippen MR) is 75.1 cm³/mol. The minimum absolute atomic E-state index is 0.110. The Hall–Kier alpha value is -1.41. The van der Waals surface area contributed by atoms with Crippen LogP contribution in [0.4, 0.5) is 5.69 Å². The van der Waals surface area contributed by atoms with E-state index in [0.717, 1.165) is 15.1 Å². The van der Waals surface area contributed by atoms with Gasteiger partial charge in [0, 0.05) is 18.7 Å². The van der Waals surface area contributed by atoms with Gasteiger partial charge in [0.25, 0.3) is 5.69 Å². The Morgan fingerprint density at radius 1 is 1.17 bits per heavy atom. The van der Waals surface area contributed by atoms with Crippen LogP contribution in [0.1, 0.15) is 11.3 Å². The van der Waals surface area contributed by atoms with Crippen LogP contribution in [0.15, 0.2) is 40.8 Å². The number of nitrogens with one attached hydrogen (secondary N) is 1. The second-order valence-corrected chi connectivity index (χ2v) is 4.80. The molecule has 5 nitrogen and oxygen atoms in total. The van der Waals surface area contributed by atoms with Gasteiger partial charge in [-0.3, -0.25) is 10.1 Å². The lowest BCUT2D eigenvalue weighted by Gasteiger charge is -2.02. The first-order chi connectivity index (χ1) is 8.65. The highest BCUT2D eigenvalue weighted by Gasteiger charge is 2.04. The van der Waals surface area contributed by atoms with Crippen LogP contribution in [0.25, 0.3) is 0 Å². The summed E-state index contributed by atoms with van der Waals surface area (Å²) in [5.41, 5.74) is 1.11. The molecule has 2 aromatic rings. The molecule has 0 fully saturated rings. The van der Waals surface area contributed by atoms with Crippen LogP contribution in [0.5, 0.6) is 0 Å². The van der Waals surface area contributed by atoms with E-state index >= 15 is 0 Å². The van der Waals surface area contributed by atoms with E-state index in [9.17, 15) is 10.1 Å². The highest BCUT2D eigenvalue weighted by Crippen LogP contribution is 2.12.